The maximum absolute atomic E-state index is 12.4. The summed E-state index contributed by atoms with van der Waals surface area (Å²) < 4.78 is 0. The highest BCUT2D eigenvalue weighted by molar-refractivity contribution is 6.06. The van der Waals surface area contributed by atoms with Crippen molar-refractivity contribution in [3.8, 4) is 11.3 Å². The van der Waals surface area contributed by atoms with Gasteiger partial charge in [-0.2, -0.15) is 0 Å². The highest BCUT2D eigenvalue weighted by atomic mass is 16.1. The summed E-state index contributed by atoms with van der Waals surface area (Å²) in [6.07, 6.45) is 6.24. The number of hydrogen-bond donors (Lipinski definition) is 4. The zero-order valence-corrected chi connectivity index (χ0v) is 23.2. The van der Waals surface area contributed by atoms with E-state index in [4.69, 9.17) is 0 Å². The molecule has 0 aliphatic carbocycles. The number of anilines is 2. The van der Waals surface area contributed by atoms with Gasteiger partial charge >= 0.3 is 0 Å². The number of fused-ring (bicyclic) bond motifs is 1. The zero-order valence-electron chi connectivity index (χ0n) is 23.2. The number of pyridine rings is 2. The number of carbonyl (C=O) groups excluding carboxylic acids is 1. The first-order chi connectivity index (χ1) is 19.0. The second-order valence-corrected chi connectivity index (χ2v) is 9.73. The van der Waals surface area contributed by atoms with Crippen molar-refractivity contribution in [2.45, 2.75) is 33.1 Å². The van der Waals surface area contributed by atoms with E-state index in [2.05, 4.69) is 68.0 Å². The smallest absolute Gasteiger partial charge is 0.251 e. The molecule has 204 valence electrons. The Bertz CT molecular complexity index is 1380. The molecule has 0 fully saturated rings. The Balaban J connectivity index is 1.39. The van der Waals surface area contributed by atoms with Gasteiger partial charge in [-0.05, 0) is 48.6 Å². The Morgan fingerprint density at radius 2 is 1.79 bits per heavy atom. The van der Waals surface area contributed by atoms with Crippen molar-refractivity contribution in [3.63, 3.8) is 0 Å². The topological polar surface area (TPSA) is 117 Å². The van der Waals surface area contributed by atoms with Crippen molar-refractivity contribution in [2.24, 2.45) is 5.92 Å². The monoisotopic (exact) mass is 526 g/mol. The number of carbonyl (C=O) groups is 1. The van der Waals surface area contributed by atoms with E-state index < -0.39 is 0 Å². The van der Waals surface area contributed by atoms with Crippen molar-refractivity contribution in [3.05, 3.63) is 72.3 Å². The number of aromatic nitrogens is 4. The van der Waals surface area contributed by atoms with Crippen LogP contribution in [0.15, 0.2) is 61.2 Å². The molecule has 9 nitrogen and oxygen atoms in total. The van der Waals surface area contributed by atoms with E-state index in [1.54, 1.807) is 25.6 Å². The summed E-state index contributed by atoms with van der Waals surface area (Å²) in [5.74, 6) is 1.98. The fourth-order valence-corrected chi connectivity index (χ4v) is 4.49. The fraction of sp³-hybridized carbons (Fsp3) is 0.367. The van der Waals surface area contributed by atoms with E-state index in [1.807, 2.05) is 36.5 Å². The van der Waals surface area contributed by atoms with Crippen LogP contribution in [0.2, 0.25) is 0 Å². The molecule has 0 spiro atoms. The minimum absolute atomic E-state index is 0.109. The van der Waals surface area contributed by atoms with Gasteiger partial charge in [0.05, 0.1) is 16.8 Å². The van der Waals surface area contributed by atoms with E-state index in [-0.39, 0.29) is 17.7 Å². The van der Waals surface area contributed by atoms with Crippen LogP contribution in [0.4, 0.5) is 11.6 Å². The average molecular weight is 527 g/mol. The molecular weight excluding hydrogens is 488 g/mol. The van der Waals surface area contributed by atoms with Crippen molar-refractivity contribution in [1.82, 2.24) is 30.6 Å². The minimum Gasteiger partial charge on any atom is -0.370 e. The van der Waals surface area contributed by atoms with Gasteiger partial charge in [-0.1, -0.05) is 39.0 Å². The maximum Gasteiger partial charge on any atom is 0.251 e. The van der Waals surface area contributed by atoms with Crippen LogP contribution in [0.1, 0.15) is 49.0 Å². The molecule has 9 heteroatoms. The molecule has 3 aromatic heterocycles. The molecule has 4 rings (SSSR count). The molecule has 0 saturated carbocycles. The molecule has 0 aliphatic rings. The lowest BCUT2D eigenvalue weighted by molar-refractivity contribution is 0.0964. The number of amides is 1. The lowest BCUT2D eigenvalue weighted by Crippen LogP contribution is -2.22. The summed E-state index contributed by atoms with van der Waals surface area (Å²) >= 11 is 0. The third-order valence-corrected chi connectivity index (χ3v) is 6.98. The molecule has 4 aromatic rings. The first kappa shape index (κ1) is 27.9. The molecule has 1 aromatic carbocycles. The van der Waals surface area contributed by atoms with E-state index in [1.165, 1.54) is 0 Å². The number of para-hydroxylation sites is 1. The Morgan fingerprint density at radius 3 is 2.56 bits per heavy atom. The van der Waals surface area contributed by atoms with Gasteiger partial charge in [-0.3, -0.25) is 9.78 Å². The number of nitrogens with one attached hydrogen (secondary N) is 4. The second kappa shape index (κ2) is 13.6. The predicted octanol–water partition coefficient (Wildman–Crippen LogP) is 4.71. The normalized spacial score (nSPS) is 12.6. The first-order valence-electron chi connectivity index (χ1n) is 13.6. The summed E-state index contributed by atoms with van der Waals surface area (Å²) in [6.45, 7) is 10.0. The Labute approximate surface area is 230 Å². The van der Waals surface area contributed by atoms with E-state index in [0.29, 0.717) is 5.56 Å². The van der Waals surface area contributed by atoms with E-state index in [0.717, 1.165) is 72.0 Å². The van der Waals surface area contributed by atoms with Crippen LogP contribution in [0.3, 0.4) is 0 Å². The first-order valence-corrected chi connectivity index (χ1v) is 13.6. The zero-order chi connectivity index (χ0) is 27.6. The largest absolute Gasteiger partial charge is 0.370 e. The van der Waals surface area contributed by atoms with E-state index >= 15 is 0 Å². The highest BCUT2D eigenvalue weighted by Crippen LogP contribution is 2.31. The summed E-state index contributed by atoms with van der Waals surface area (Å²) in [5.41, 5.74) is 4.38. The van der Waals surface area contributed by atoms with Gasteiger partial charge < -0.3 is 21.3 Å². The molecule has 0 bridgehead atoms. The minimum atomic E-state index is -0.109. The quantitative estimate of drug-likeness (QED) is 0.185. The average Bonchev–Trinajstić information content (AvgIpc) is 2.98. The van der Waals surface area contributed by atoms with Crippen molar-refractivity contribution in [1.29, 1.82) is 0 Å². The molecule has 0 saturated heterocycles. The standard InChI is InChI=1S/C30H38N8O/c1-5-12-32-14-15-33-27-10-9-22(18-36-27)26-16-28(38-19-37-26)35-17-20(2)21(3)23-7-6-8-24-25(30(39)31-4)11-13-34-29(23)24/h6-11,13,16,18-21,32H,5,12,14-15,17H2,1-4H3,(H,31,39)(H,33,36)(H,35,37,38)/t20-,21?/m1/s1. The predicted molar refractivity (Wildman–Crippen MR) is 158 cm³/mol. The molecule has 0 radical (unpaired) electrons. The lowest BCUT2D eigenvalue weighted by Gasteiger charge is -2.22. The molecule has 1 unspecified atom stereocenters. The van der Waals surface area contributed by atoms with Gasteiger partial charge in [0.15, 0.2) is 0 Å². The molecule has 4 N–H and O–H groups in total. The molecule has 3 heterocycles. The number of benzene rings is 1. The van der Waals surface area contributed by atoms with E-state index in [9.17, 15) is 4.79 Å². The van der Waals surface area contributed by atoms with Crippen LogP contribution in [-0.4, -0.2) is 59.1 Å². The molecule has 1 amide bonds. The summed E-state index contributed by atoms with van der Waals surface area (Å²) in [6, 6.07) is 13.8. The van der Waals surface area contributed by atoms with Gasteiger partial charge in [0.1, 0.15) is 18.0 Å². The number of rotatable bonds is 13. The van der Waals surface area contributed by atoms with Crippen LogP contribution in [0.5, 0.6) is 0 Å². The Hall–Kier alpha value is -4.11. The molecule has 0 aliphatic heterocycles. The van der Waals surface area contributed by atoms with Crippen LogP contribution in [0, 0.1) is 5.92 Å². The highest BCUT2D eigenvalue weighted by Gasteiger charge is 2.19. The Kier molecular flexibility index (Phi) is 9.74. The second-order valence-electron chi connectivity index (χ2n) is 9.73. The maximum atomic E-state index is 12.4. The molecular formula is C30H38N8O. The van der Waals surface area contributed by atoms with Crippen LogP contribution in [0.25, 0.3) is 22.2 Å². The SMILES string of the molecule is CCCNCCNc1ccc(-c2cc(NC[C@@H](C)C(C)c3cccc4c(C(=O)NC)ccnc34)ncn2)cn1. The summed E-state index contributed by atoms with van der Waals surface area (Å²) in [4.78, 5) is 30.4. The third kappa shape index (κ3) is 7.06. The number of hydrogen-bond acceptors (Lipinski definition) is 8. The van der Waals surface area contributed by atoms with Crippen molar-refractivity contribution >= 4 is 28.4 Å². The molecule has 2 atom stereocenters. The van der Waals surface area contributed by atoms with Gasteiger partial charge in [0.2, 0.25) is 0 Å². The van der Waals surface area contributed by atoms with Crippen LogP contribution < -0.4 is 21.3 Å². The van der Waals surface area contributed by atoms with Gasteiger partial charge in [-0.25, -0.2) is 15.0 Å². The van der Waals surface area contributed by atoms with Crippen LogP contribution >= 0.6 is 0 Å². The van der Waals surface area contributed by atoms with Crippen LogP contribution in [-0.2, 0) is 0 Å². The summed E-state index contributed by atoms with van der Waals surface area (Å²) in [7, 11) is 1.64. The van der Waals surface area contributed by atoms with Gasteiger partial charge in [0.25, 0.3) is 5.91 Å². The van der Waals surface area contributed by atoms with Gasteiger partial charge in [-0.15, -0.1) is 0 Å². The van der Waals surface area contributed by atoms with Crippen molar-refractivity contribution < 1.29 is 4.79 Å². The molecule has 39 heavy (non-hydrogen) atoms. The van der Waals surface area contributed by atoms with Gasteiger partial charge in [0, 0.05) is 56.1 Å². The summed E-state index contributed by atoms with van der Waals surface area (Å²) in [5, 5.41) is 13.8. The third-order valence-electron chi connectivity index (χ3n) is 6.98. The van der Waals surface area contributed by atoms with Crippen molar-refractivity contribution in [2.75, 3.05) is 43.9 Å². The fourth-order valence-electron chi connectivity index (χ4n) is 4.49. The number of nitrogens with zero attached hydrogens (tertiary/aromatic N) is 4. The lowest BCUT2D eigenvalue weighted by atomic mass is 9.87. The Morgan fingerprint density at radius 1 is 0.923 bits per heavy atom.